The van der Waals surface area contributed by atoms with Crippen molar-refractivity contribution in [3.63, 3.8) is 0 Å². The second-order valence-corrected chi connectivity index (χ2v) is 7.54. The van der Waals surface area contributed by atoms with Gasteiger partial charge in [0.15, 0.2) is 0 Å². The average molecular weight is 336 g/mol. The minimum Gasteiger partial charge on any atom is -0.343 e. The smallest absolute Gasteiger partial charge is 0.317 e. The number of aromatic nitrogens is 1. The van der Waals surface area contributed by atoms with Gasteiger partial charge in [0, 0.05) is 44.9 Å². The molecule has 0 aromatic carbocycles. The van der Waals surface area contributed by atoms with Gasteiger partial charge in [-0.2, -0.15) is 0 Å². The van der Waals surface area contributed by atoms with Gasteiger partial charge in [0.1, 0.15) is 5.01 Å². The Balaban J connectivity index is 1.41. The zero-order chi connectivity index (χ0) is 16.4. The number of urea groups is 1. The molecule has 1 unspecified atom stereocenters. The highest BCUT2D eigenvalue weighted by Gasteiger charge is 2.27. The number of amides is 3. The Morgan fingerprint density at radius 2 is 2.22 bits per heavy atom. The highest BCUT2D eigenvalue weighted by atomic mass is 32.1. The Labute approximate surface area is 140 Å². The fourth-order valence-electron chi connectivity index (χ4n) is 3.00. The molecule has 0 spiro atoms. The highest BCUT2D eigenvalue weighted by Crippen LogP contribution is 2.40. The van der Waals surface area contributed by atoms with Crippen molar-refractivity contribution in [2.75, 3.05) is 26.7 Å². The number of carbonyl (C=O) groups excluding carboxylic acids is 2. The number of likely N-dealkylation sites (tertiary alicyclic amines) is 1. The largest absolute Gasteiger partial charge is 0.343 e. The van der Waals surface area contributed by atoms with Crippen LogP contribution in [-0.4, -0.2) is 53.4 Å². The minimum atomic E-state index is -0.0746. The molecular weight excluding hydrogens is 312 g/mol. The first-order valence-corrected chi connectivity index (χ1v) is 9.09. The molecule has 2 fully saturated rings. The minimum absolute atomic E-state index is 0.0746. The average Bonchev–Trinajstić information content (AvgIpc) is 3.08. The number of rotatable bonds is 5. The van der Waals surface area contributed by atoms with Gasteiger partial charge in [-0.05, 0) is 25.2 Å². The number of carbonyl (C=O) groups is 2. The second kappa shape index (κ2) is 6.86. The maximum absolute atomic E-state index is 12.2. The SMILES string of the molecule is CC(=O)N1CCC(CN(C)C(=O)NCc2nc(C3CC3)cs2)C1. The normalized spacial score (nSPS) is 20.6. The monoisotopic (exact) mass is 336 g/mol. The van der Waals surface area contributed by atoms with E-state index >= 15 is 0 Å². The van der Waals surface area contributed by atoms with E-state index in [1.54, 1.807) is 23.2 Å². The summed E-state index contributed by atoms with van der Waals surface area (Å²) in [7, 11) is 1.81. The molecule has 1 saturated heterocycles. The van der Waals surface area contributed by atoms with Crippen LogP contribution in [0.4, 0.5) is 4.79 Å². The molecule has 1 atom stereocenters. The molecule has 3 rings (SSSR count). The van der Waals surface area contributed by atoms with Gasteiger partial charge < -0.3 is 15.1 Å². The van der Waals surface area contributed by atoms with E-state index in [2.05, 4.69) is 15.7 Å². The van der Waals surface area contributed by atoms with E-state index in [9.17, 15) is 9.59 Å². The van der Waals surface area contributed by atoms with E-state index in [0.717, 1.165) is 24.5 Å². The van der Waals surface area contributed by atoms with Gasteiger partial charge >= 0.3 is 6.03 Å². The molecule has 1 saturated carbocycles. The number of nitrogens with one attached hydrogen (secondary N) is 1. The third kappa shape index (κ3) is 4.22. The van der Waals surface area contributed by atoms with Gasteiger partial charge in [-0.25, -0.2) is 9.78 Å². The number of hydrogen-bond donors (Lipinski definition) is 1. The maximum atomic E-state index is 12.2. The Bertz CT molecular complexity index is 584. The lowest BCUT2D eigenvalue weighted by atomic mass is 10.1. The summed E-state index contributed by atoms with van der Waals surface area (Å²) in [5, 5.41) is 6.01. The van der Waals surface area contributed by atoms with Crippen molar-refractivity contribution in [3.8, 4) is 0 Å². The molecule has 23 heavy (non-hydrogen) atoms. The zero-order valence-corrected chi connectivity index (χ0v) is 14.6. The van der Waals surface area contributed by atoms with Crippen LogP contribution < -0.4 is 5.32 Å². The predicted molar refractivity (Wildman–Crippen MR) is 89.3 cm³/mol. The van der Waals surface area contributed by atoms with Crippen LogP contribution in [0.5, 0.6) is 0 Å². The van der Waals surface area contributed by atoms with Crippen molar-refractivity contribution in [1.29, 1.82) is 0 Å². The molecule has 7 heteroatoms. The summed E-state index contributed by atoms with van der Waals surface area (Å²) in [5.41, 5.74) is 1.18. The Morgan fingerprint density at radius 1 is 1.43 bits per heavy atom. The molecule has 126 valence electrons. The van der Waals surface area contributed by atoms with E-state index < -0.39 is 0 Å². The van der Waals surface area contributed by atoms with E-state index in [-0.39, 0.29) is 11.9 Å². The Kier molecular flexibility index (Phi) is 4.84. The fraction of sp³-hybridized carbons (Fsp3) is 0.688. The quantitative estimate of drug-likeness (QED) is 0.895. The summed E-state index contributed by atoms with van der Waals surface area (Å²) < 4.78 is 0. The van der Waals surface area contributed by atoms with Crippen LogP contribution in [-0.2, 0) is 11.3 Å². The van der Waals surface area contributed by atoms with Crippen molar-refractivity contribution in [2.24, 2.45) is 5.92 Å². The van der Waals surface area contributed by atoms with Gasteiger partial charge in [0.05, 0.1) is 12.2 Å². The summed E-state index contributed by atoms with van der Waals surface area (Å²) in [5.74, 6) is 1.15. The van der Waals surface area contributed by atoms with Gasteiger partial charge in [0.25, 0.3) is 0 Å². The van der Waals surface area contributed by atoms with E-state index in [1.807, 2.05) is 11.9 Å². The summed E-state index contributed by atoms with van der Waals surface area (Å²) in [6, 6.07) is -0.0746. The fourth-order valence-corrected chi connectivity index (χ4v) is 3.81. The molecular formula is C16H24N4O2S. The van der Waals surface area contributed by atoms with Crippen LogP contribution in [0.1, 0.15) is 42.8 Å². The van der Waals surface area contributed by atoms with Crippen LogP contribution in [0.25, 0.3) is 0 Å². The van der Waals surface area contributed by atoms with Crippen LogP contribution in [0.3, 0.4) is 0 Å². The van der Waals surface area contributed by atoms with Crippen LogP contribution >= 0.6 is 11.3 Å². The molecule has 6 nitrogen and oxygen atoms in total. The van der Waals surface area contributed by atoms with Crippen LogP contribution in [0.15, 0.2) is 5.38 Å². The van der Waals surface area contributed by atoms with Gasteiger partial charge in [-0.15, -0.1) is 11.3 Å². The third-order valence-corrected chi connectivity index (χ3v) is 5.43. The first-order valence-electron chi connectivity index (χ1n) is 8.21. The molecule has 0 bridgehead atoms. The summed E-state index contributed by atoms with van der Waals surface area (Å²) in [6.45, 7) is 4.33. The first-order chi connectivity index (χ1) is 11.0. The molecule has 1 aliphatic carbocycles. The summed E-state index contributed by atoms with van der Waals surface area (Å²) >= 11 is 1.62. The van der Waals surface area contributed by atoms with E-state index in [4.69, 9.17) is 0 Å². The summed E-state index contributed by atoms with van der Waals surface area (Å²) in [4.78, 5) is 31.7. The van der Waals surface area contributed by atoms with Crippen molar-refractivity contribution in [2.45, 2.75) is 38.6 Å². The lowest BCUT2D eigenvalue weighted by Crippen LogP contribution is -2.40. The Morgan fingerprint density at radius 3 is 2.87 bits per heavy atom. The van der Waals surface area contributed by atoms with Crippen molar-refractivity contribution >= 4 is 23.3 Å². The standard InChI is InChI=1S/C16H24N4O2S/c1-11(21)20-6-5-12(9-20)8-19(2)16(22)17-7-15-18-14(10-23-15)13-3-4-13/h10,12-13H,3-9H2,1-2H3,(H,17,22). The van der Waals surface area contributed by atoms with Crippen LogP contribution in [0.2, 0.25) is 0 Å². The molecule has 2 aliphatic rings. The maximum Gasteiger partial charge on any atom is 0.317 e. The van der Waals surface area contributed by atoms with Gasteiger partial charge in [-0.1, -0.05) is 0 Å². The molecule has 1 aromatic heterocycles. The molecule has 2 heterocycles. The van der Waals surface area contributed by atoms with Crippen molar-refractivity contribution in [3.05, 3.63) is 16.1 Å². The van der Waals surface area contributed by atoms with Gasteiger partial charge in [0.2, 0.25) is 5.91 Å². The number of nitrogens with zero attached hydrogens (tertiary/aromatic N) is 3. The number of thiazole rings is 1. The summed E-state index contributed by atoms with van der Waals surface area (Å²) in [6.07, 6.45) is 3.46. The van der Waals surface area contributed by atoms with Crippen molar-refractivity contribution in [1.82, 2.24) is 20.1 Å². The molecule has 1 aromatic rings. The third-order valence-electron chi connectivity index (χ3n) is 4.57. The van der Waals surface area contributed by atoms with Crippen LogP contribution in [0, 0.1) is 5.92 Å². The van der Waals surface area contributed by atoms with E-state index in [0.29, 0.717) is 24.9 Å². The number of hydrogen-bond acceptors (Lipinski definition) is 4. The van der Waals surface area contributed by atoms with E-state index in [1.165, 1.54) is 18.5 Å². The predicted octanol–water partition coefficient (Wildman–Crippen LogP) is 2.03. The second-order valence-electron chi connectivity index (χ2n) is 6.60. The van der Waals surface area contributed by atoms with Gasteiger partial charge in [-0.3, -0.25) is 4.79 Å². The first kappa shape index (κ1) is 16.2. The lowest BCUT2D eigenvalue weighted by molar-refractivity contribution is -0.127. The zero-order valence-electron chi connectivity index (χ0n) is 13.7. The Hall–Kier alpha value is -1.63. The molecule has 0 radical (unpaired) electrons. The van der Waals surface area contributed by atoms with Crippen molar-refractivity contribution < 1.29 is 9.59 Å². The molecule has 1 N–H and O–H groups in total. The molecule has 3 amide bonds. The highest BCUT2D eigenvalue weighted by molar-refractivity contribution is 7.09. The lowest BCUT2D eigenvalue weighted by Gasteiger charge is -2.21. The topological polar surface area (TPSA) is 65.5 Å². The molecule has 1 aliphatic heterocycles.